The lowest BCUT2D eigenvalue weighted by Crippen LogP contribution is -2.57. The van der Waals surface area contributed by atoms with Gasteiger partial charge in [-0.05, 0) is 62.2 Å². The summed E-state index contributed by atoms with van der Waals surface area (Å²) in [6.07, 6.45) is 3.95. The van der Waals surface area contributed by atoms with Gasteiger partial charge in [-0.2, -0.15) is 0 Å². The zero-order valence-corrected chi connectivity index (χ0v) is 12.9. The van der Waals surface area contributed by atoms with Gasteiger partial charge in [-0.1, -0.05) is 0 Å². The molecular formula is C18H20N2O3. The summed E-state index contributed by atoms with van der Waals surface area (Å²) in [5.74, 6) is 1.72. The number of hydrogen-bond donors (Lipinski definition) is 1. The molecule has 1 aromatic heterocycles. The summed E-state index contributed by atoms with van der Waals surface area (Å²) in [6, 6.07) is 10.9. The highest BCUT2D eigenvalue weighted by Crippen LogP contribution is 2.28. The molecule has 1 aromatic carbocycles. The average Bonchev–Trinajstić information content (AvgIpc) is 3.09. The number of piperidine rings is 3. The maximum atomic E-state index is 12.4. The van der Waals surface area contributed by atoms with Crippen LogP contribution in [0.25, 0.3) is 0 Å². The Morgan fingerprint density at radius 1 is 1.17 bits per heavy atom. The van der Waals surface area contributed by atoms with Gasteiger partial charge < -0.3 is 19.4 Å². The Kier molecular flexibility index (Phi) is 3.79. The second-order valence-electron chi connectivity index (χ2n) is 6.28. The summed E-state index contributed by atoms with van der Waals surface area (Å²) in [7, 11) is 0. The van der Waals surface area contributed by atoms with E-state index in [1.54, 1.807) is 42.7 Å². The van der Waals surface area contributed by atoms with E-state index < -0.39 is 0 Å². The van der Waals surface area contributed by atoms with Crippen molar-refractivity contribution < 1.29 is 13.9 Å². The number of ether oxygens (including phenoxy) is 1. The number of carbonyl (C=O) groups is 1. The van der Waals surface area contributed by atoms with Crippen LogP contribution in [0.15, 0.2) is 47.1 Å². The predicted molar refractivity (Wildman–Crippen MR) is 85.6 cm³/mol. The molecular weight excluding hydrogens is 292 g/mol. The Hall–Kier alpha value is -2.27. The first-order chi connectivity index (χ1) is 11.3. The highest BCUT2D eigenvalue weighted by atomic mass is 16.6. The third-order valence-corrected chi connectivity index (χ3v) is 4.80. The predicted octanol–water partition coefficient (Wildman–Crippen LogP) is 2.90. The molecule has 0 saturated carbocycles. The minimum atomic E-state index is -0.00620. The quantitative estimate of drug-likeness (QED) is 0.943. The van der Waals surface area contributed by atoms with Gasteiger partial charge in [0, 0.05) is 24.2 Å². The average molecular weight is 312 g/mol. The largest absolute Gasteiger partial charge is 0.434 e. The monoisotopic (exact) mass is 312 g/mol. The molecule has 2 bridgehead atoms. The summed E-state index contributed by atoms with van der Waals surface area (Å²) in [4.78, 5) is 14.9. The van der Waals surface area contributed by atoms with Gasteiger partial charge in [0.25, 0.3) is 11.9 Å². The third-order valence-electron chi connectivity index (χ3n) is 4.80. The summed E-state index contributed by atoms with van der Waals surface area (Å²) < 4.78 is 10.7. The van der Waals surface area contributed by atoms with Gasteiger partial charge in [0.2, 0.25) is 0 Å². The fraction of sp³-hybridized carbons (Fsp3) is 0.389. The van der Waals surface area contributed by atoms with E-state index in [1.165, 1.54) is 25.9 Å². The first kappa shape index (κ1) is 14.3. The topological polar surface area (TPSA) is 54.7 Å². The van der Waals surface area contributed by atoms with E-state index in [4.69, 9.17) is 9.15 Å². The SMILES string of the molecule is O=C(N[C@H]1CN2CCC1CC2)c1ccc(Oc2ccco2)cc1. The van der Waals surface area contributed by atoms with Gasteiger partial charge in [0.1, 0.15) is 5.75 Å². The van der Waals surface area contributed by atoms with E-state index in [-0.39, 0.29) is 11.9 Å². The molecule has 0 aliphatic carbocycles. The summed E-state index contributed by atoms with van der Waals surface area (Å²) in [5, 5.41) is 3.19. The van der Waals surface area contributed by atoms with Crippen LogP contribution < -0.4 is 10.1 Å². The molecule has 3 saturated heterocycles. The molecule has 2 aromatic rings. The Labute approximate surface area is 135 Å². The van der Waals surface area contributed by atoms with Gasteiger partial charge in [-0.3, -0.25) is 4.79 Å². The molecule has 1 amide bonds. The first-order valence-electron chi connectivity index (χ1n) is 8.12. The minimum absolute atomic E-state index is 0.00620. The molecule has 3 aliphatic heterocycles. The van der Waals surface area contributed by atoms with Crippen molar-refractivity contribution in [3.63, 3.8) is 0 Å². The van der Waals surface area contributed by atoms with Gasteiger partial charge >= 0.3 is 0 Å². The molecule has 1 N–H and O–H groups in total. The molecule has 5 nitrogen and oxygen atoms in total. The maximum absolute atomic E-state index is 12.4. The van der Waals surface area contributed by atoms with E-state index >= 15 is 0 Å². The van der Waals surface area contributed by atoms with E-state index in [1.807, 2.05) is 0 Å². The van der Waals surface area contributed by atoms with Crippen molar-refractivity contribution in [1.82, 2.24) is 10.2 Å². The molecule has 5 heteroatoms. The number of carbonyl (C=O) groups excluding carboxylic acids is 1. The number of amides is 1. The smallest absolute Gasteiger partial charge is 0.289 e. The zero-order chi connectivity index (χ0) is 15.6. The molecule has 120 valence electrons. The highest BCUT2D eigenvalue weighted by molar-refractivity contribution is 5.94. The van der Waals surface area contributed by atoms with Crippen LogP contribution >= 0.6 is 0 Å². The van der Waals surface area contributed by atoms with Crippen LogP contribution in [-0.2, 0) is 0 Å². The van der Waals surface area contributed by atoms with Crippen LogP contribution in [-0.4, -0.2) is 36.5 Å². The van der Waals surface area contributed by atoms with Gasteiger partial charge in [-0.25, -0.2) is 0 Å². The van der Waals surface area contributed by atoms with Crippen molar-refractivity contribution in [2.24, 2.45) is 5.92 Å². The van der Waals surface area contributed by atoms with Crippen molar-refractivity contribution in [1.29, 1.82) is 0 Å². The van der Waals surface area contributed by atoms with E-state index in [9.17, 15) is 4.79 Å². The molecule has 0 radical (unpaired) electrons. The Balaban J connectivity index is 1.38. The maximum Gasteiger partial charge on any atom is 0.289 e. The molecule has 4 heterocycles. The lowest BCUT2D eigenvalue weighted by molar-refractivity contribution is 0.0620. The van der Waals surface area contributed by atoms with Crippen LogP contribution in [0.1, 0.15) is 23.2 Å². The van der Waals surface area contributed by atoms with Gasteiger partial charge in [0.05, 0.1) is 6.26 Å². The lowest BCUT2D eigenvalue weighted by atomic mass is 9.84. The van der Waals surface area contributed by atoms with Crippen LogP contribution in [0.2, 0.25) is 0 Å². The Bertz CT molecular complexity index is 658. The number of benzene rings is 1. The number of nitrogens with one attached hydrogen (secondary N) is 1. The van der Waals surface area contributed by atoms with Gasteiger partial charge in [0.15, 0.2) is 0 Å². The van der Waals surface area contributed by atoms with Crippen LogP contribution in [0.3, 0.4) is 0 Å². The van der Waals surface area contributed by atoms with Crippen molar-refractivity contribution in [3.05, 3.63) is 48.2 Å². The van der Waals surface area contributed by atoms with Crippen molar-refractivity contribution in [2.75, 3.05) is 19.6 Å². The summed E-state index contributed by atoms with van der Waals surface area (Å²) >= 11 is 0. The van der Waals surface area contributed by atoms with Crippen LogP contribution in [0, 0.1) is 5.92 Å². The normalized spacial score (nSPS) is 26.0. The zero-order valence-electron chi connectivity index (χ0n) is 12.9. The van der Waals surface area contributed by atoms with E-state index in [2.05, 4.69) is 10.2 Å². The lowest BCUT2D eigenvalue weighted by Gasteiger charge is -2.44. The Morgan fingerprint density at radius 2 is 1.96 bits per heavy atom. The number of fused-ring (bicyclic) bond motifs is 3. The molecule has 3 aliphatic rings. The molecule has 0 spiro atoms. The first-order valence-corrected chi connectivity index (χ1v) is 8.12. The summed E-state index contributed by atoms with van der Waals surface area (Å²) in [6.45, 7) is 3.34. The second kappa shape index (κ2) is 6.08. The molecule has 23 heavy (non-hydrogen) atoms. The molecule has 0 unspecified atom stereocenters. The fourth-order valence-electron chi connectivity index (χ4n) is 3.49. The number of furan rings is 1. The third kappa shape index (κ3) is 3.10. The summed E-state index contributed by atoms with van der Waals surface area (Å²) in [5.41, 5.74) is 0.660. The van der Waals surface area contributed by atoms with Gasteiger partial charge in [-0.15, -0.1) is 0 Å². The van der Waals surface area contributed by atoms with Crippen molar-refractivity contribution >= 4 is 5.91 Å². The highest BCUT2D eigenvalue weighted by Gasteiger charge is 2.34. The van der Waals surface area contributed by atoms with Crippen molar-refractivity contribution in [2.45, 2.75) is 18.9 Å². The number of rotatable bonds is 4. The number of nitrogens with zero attached hydrogens (tertiary/aromatic N) is 1. The second-order valence-corrected chi connectivity index (χ2v) is 6.28. The van der Waals surface area contributed by atoms with Crippen molar-refractivity contribution in [3.8, 4) is 11.7 Å². The van der Waals surface area contributed by atoms with Crippen LogP contribution in [0.4, 0.5) is 0 Å². The molecule has 1 atom stereocenters. The van der Waals surface area contributed by atoms with Crippen LogP contribution in [0.5, 0.6) is 11.7 Å². The molecule has 3 fully saturated rings. The van der Waals surface area contributed by atoms with E-state index in [0.29, 0.717) is 23.2 Å². The fourth-order valence-corrected chi connectivity index (χ4v) is 3.49. The minimum Gasteiger partial charge on any atom is -0.434 e. The van der Waals surface area contributed by atoms with E-state index in [0.717, 1.165) is 6.54 Å². The Morgan fingerprint density at radius 3 is 2.57 bits per heavy atom. The number of hydrogen-bond acceptors (Lipinski definition) is 4. The standard InChI is InChI=1S/C18H20N2O3/c21-18(19-16-12-20-9-7-13(16)8-10-20)14-3-5-15(6-4-14)23-17-2-1-11-22-17/h1-6,11,13,16H,7-10,12H2,(H,19,21)/t16-/m0/s1. The molecule has 5 rings (SSSR count).